The molecule has 0 atom stereocenters. The number of likely N-dealkylation sites (N-methyl/N-ethyl adjacent to an activating group) is 1. The molecule has 0 aliphatic heterocycles. The predicted molar refractivity (Wildman–Crippen MR) is 118 cm³/mol. The van der Waals surface area contributed by atoms with Crippen LogP contribution >= 0.6 is 11.3 Å². The van der Waals surface area contributed by atoms with Gasteiger partial charge in [-0.2, -0.15) is 0 Å². The summed E-state index contributed by atoms with van der Waals surface area (Å²) in [6.45, 7) is 4.19. The first-order chi connectivity index (χ1) is 14.5. The summed E-state index contributed by atoms with van der Waals surface area (Å²) >= 11 is 1.41. The number of nitrogens with zero attached hydrogens (tertiary/aromatic N) is 3. The van der Waals surface area contributed by atoms with Crippen LogP contribution in [-0.4, -0.2) is 22.0 Å². The summed E-state index contributed by atoms with van der Waals surface area (Å²) < 4.78 is 14.7. The van der Waals surface area contributed by atoms with Crippen LogP contribution in [0.2, 0.25) is 0 Å². The molecule has 0 bridgehead atoms. The molecule has 5 nitrogen and oxygen atoms in total. The van der Waals surface area contributed by atoms with Crippen LogP contribution < -0.4 is 10.5 Å². The first-order valence-electron chi connectivity index (χ1n) is 9.59. The summed E-state index contributed by atoms with van der Waals surface area (Å²) in [6, 6.07) is 15.4. The second-order valence-corrected chi connectivity index (χ2v) is 8.07. The quantitative estimate of drug-likeness (QED) is 0.472. The summed E-state index contributed by atoms with van der Waals surface area (Å²) in [5.74, 6) is -0.528. The molecule has 4 aromatic rings. The van der Waals surface area contributed by atoms with Crippen molar-refractivity contribution in [1.29, 1.82) is 0 Å². The van der Waals surface area contributed by atoms with Crippen molar-refractivity contribution >= 4 is 33.1 Å². The Labute approximate surface area is 177 Å². The predicted octanol–water partition coefficient (Wildman–Crippen LogP) is 4.63. The Morgan fingerprint density at radius 3 is 2.50 bits per heavy atom. The Morgan fingerprint density at radius 2 is 1.83 bits per heavy atom. The number of aromatic nitrogens is 2. The molecule has 0 saturated heterocycles. The molecule has 0 aliphatic rings. The minimum Gasteiger partial charge on any atom is -0.311 e. The number of carbonyl (C=O) groups is 1. The Hall–Kier alpha value is -3.32. The second-order valence-electron chi connectivity index (χ2n) is 6.87. The number of rotatable bonds is 5. The fourth-order valence-corrected chi connectivity index (χ4v) is 4.56. The lowest BCUT2D eigenvalue weighted by Crippen LogP contribution is -2.36. The zero-order valence-electron chi connectivity index (χ0n) is 16.6. The smallest absolute Gasteiger partial charge is 0.263 e. The van der Waals surface area contributed by atoms with E-state index in [-0.39, 0.29) is 23.8 Å². The first kappa shape index (κ1) is 20.0. The van der Waals surface area contributed by atoms with Crippen molar-refractivity contribution < 1.29 is 9.18 Å². The number of benzene rings is 2. The highest BCUT2D eigenvalue weighted by Gasteiger charge is 2.20. The standard InChI is InChI=1S/C23H20FN3O2S/c1-3-27(18-7-5-4-6-8-18)19(28)13-26-14-25-22-21(23(26)29)20(15(2)30-22)16-9-11-17(24)12-10-16/h4-12,14H,3,13H2,1-2H3. The number of amides is 1. The number of para-hydroxylation sites is 1. The Balaban J connectivity index is 1.75. The molecule has 0 saturated carbocycles. The number of anilines is 1. The largest absolute Gasteiger partial charge is 0.311 e. The van der Waals surface area contributed by atoms with Crippen LogP contribution in [0.15, 0.2) is 65.7 Å². The molecule has 0 aliphatic carbocycles. The van der Waals surface area contributed by atoms with E-state index in [1.807, 2.05) is 44.2 Å². The lowest BCUT2D eigenvalue weighted by molar-refractivity contribution is -0.119. The third-order valence-electron chi connectivity index (χ3n) is 4.98. The van der Waals surface area contributed by atoms with Gasteiger partial charge in [0.1, 0.15) is 17.2 Å². The molecule has 152 valence electrons. The molecule has 7 heteroatoms. The number of aryl methyl sites for hydroxylation is 1. The number of hydrogen-bond acceptors (Lipinski definition) is 4. The first-order valence-corrected chi connectivity index (χ1v) is 10.4. The van der Waals surface area contributed by atoms with Crippen molar-refractivity contribution in [2.24, 2.45) is 0 Å². The number of hydrogen-bond donors (Lipinski definition) is 0. The molecular weight excluding hydrogens is 401 g/mol. The molecule has 1 amide bonds. The van der Waals surface area contributed by atoms with Gasteiger partial charge in [-0.05, 0) is 43.7 Å². The van der Waals surface area contributed by atoms with E-state index in [2.05, 4.69) is 4.98 Å². The number of thiophene rings is 1. The van der Waals surface area contributed by atoms with Crippen LogP contribution in [0.5, 0.6) is 0 Å². The highest BCUT2D eigenvalue weighted by Crippen LogP contribution is 2.35. The van der Waals surface area contributed by atoms with Crippen molar-refractivity contribution in [3.63, 3.8) is 0 Å². The third kappa shape index (κ3) is 3.64. The molecule has 2 heterocycles. The van der Waals surface area contributed by atoms with Gasteiger partial charge in [-0.25, -0.2) is 9.37 Å². The maximum Gasteiger partial charge on any atom is 0.263 e. The van der Waals surface area contributed by atoms with Gasteiger partial charge in [0.15, 0.2) is 0 Å². The Morgan fingerprint density at radius 1 is 1.13 bits per heavy atom. The van der Waals surface area contributed by atoms with E-state index in [9.17, 15) is 14.0 Å². The van der Waals surface area contributed by atoms with E-state index in [0.29, 0.717) is 16.8 Å². The van der Waals surface area contributed by atoms with E-state index in [0.717, 1.165) is 21.7 Å². The van der Waals surface area contributed by atoms with Gasteiger partial charge in [-0.15, -0.1) is 11.3 Å². The van der Waals surface area contributed by atoms with Gasteiger partial charge in [0.25, 0.3) is 5.56 Å². The lowest BCUT2D eigenvalue weighted by atomic mass is 10.0. The fraction of sp³-hybridized carbons (Fsp3) is 0.174. The summed E-state index contributed by atoms with van der Waals surface area (Å²) in [5, 5.41) is 0.460. The SMILES string of the molecule is CCN(C(=O)Cn1cnc2sc(C)c(-c3ccc(F)cc3)c2c1=O)c1ccccc1. The summed E-state index contributed by atoms with van der Waals surface area (Å²) in [7, 11) is 0. The molecule has 4 rings (SSSR count). The van der Waals surface area contributed by atoms with Gasteiger partial charge in [0.2, 0.25) is 5.91 Å². The maximum absolute atomic E-state index is 13.4. The molecule has 30 heavy (non-hydrogen) atoms. The highest BCUT2D eigenvalue weighted by atomic mass is 32.1. The van der Waals surface area contributed by atoms with Gasteiger partial charge in [0.05, 0.1) is 11.7 Å². The zero-order chi connectivity index (χ0) is 21.3. The van der Waals surface area contributed by atoms with Crippen LogP contribution in [0.1, 0.15) is 11.8 Å². The van der Waals surface area contributed by atoms with Crippen LogP contribution in [0, 0.1) is 12.7 Å². The van der Waals surface area contributed by atoms with Crippen molar-refractivity contribution in [3.8, 4) is 11.1 Å². The molecule has 0 N–H and O–H groups in total. The van der Waals surface area contributed by atoms with Gasteiger partial charge < -0.3 is 4.90 Å². The van der Waals surface area contributed by atoms with Crippen LogP contribution in [0.3, 0.4) is 0 Å². The van der Waals surface area contributed by atoms with E-state index >= 15 is 0 Å². The molecular formula is C23H20FN3O2S. The minimum absolute atomic E-state index is 0.109. The molecule has 0 radical (unpaired) electrons. The second kappa shape index (κ2) is 8.20. The average Bonchev–Trinajstić information content (AvgIpc) is 3.09. The summed E-state index contributed by atoms with van der Waals surface area (Å²) in [6.07, 6.45) is 1.42. The summed E-state index contributed by atoms with van der Waals surface area (Å²) in [4.78, 5) is 33.8. The molecule has 0 spiro atoms. The minimum atomic E-state index is -0.336. The fourth-order valence-electron chi connectivity index (χ4n) is 3.56. The van der Waals surface area contributed by atoms with E-state index in [1.165, 1.54) is 34.4 Å². The zero-order valence-corrected chi connectivity index (χ0v) is 17.4. The molecule has 0 fully saturated rings. The van der Waals surface area contributed by atoms with E-state index in [4.69, 9.17) is 0 Å². The van der Waals surface area contributed by atoms with Crippen molar-refractivity contribution in [3.05, 3.63) is 82.0 Å². The van der Waals surface area contributed by atoms with Gasteiger partial charge in [-0.3, -0.25) is 14.2 Å². The van der Waals surface area contributed by atoms with Crippen molar-refractivity contribution in [1.82, 2.24) is 9.55 Å². The average molecular weight is 421 g/mol. The monoisotopic (exact) mass is 421 g/mol. The van der Waals surface area contributed by atoms with E-state index in [1.54, 1.807) is 17.0 Å². The van der Waals surface area contributed by atoms with Gasteiger partial charge in [-0.1, -0.05) is 30.3 Å². The molecule has 2 aromatic heterocycles. The van der Waals surface area contributed by atoms with Crippen molar-refractivity contribution in [2.45, 2.75) is 20.4 Å². The highest BCUT2D eigenvalue weighted by molar-refractivity contribution is 7.19. The topological polar surface area (TPSA) is 55.2 Å². The third-order valence-corrected chi connectivity index (χ3v) is 5.99. The van der Waals surface area contributed by atoms with Gasteiger partial charge >= 0.3 is 0 Å². The van der Waals surface area contributed by atoms with E-state index < -0.39 is 0 Å². The normalized spacial score (nSPS) is 11.0. The van der Waals surface area contributed by atoms with Crippen LogP contribution in [0.4, 0.5) is 10.1 Å². The Kier molecular flexibility index (Phi) is 5.46. The maximum atomic E-state index is 13.4. The van der Waals surface area contributed by atoms with Crippen LogP contribution in [0.25, 0.3) is 21.3 Å². The number of fused-ring (bicyclic) bond motifs is 1. The number of carbonyl (C=O) groups excluding carboxylic acids is 1. The molecule has 0 unspecified atom stereocenters. The summed E-state index contributed by atoms with van der Waals surface area (Å²) in [5.41, 5.74) is 2.00. The lowest BCUT2D eigenvalue weighted by Gasteiger charge is -2.21. The van der Waals surface area contributed by atoms with Gasteiger partial charge in [0, 0.05) is 22.7 Å². The van der Waals surface area contributed by atoms with Crippen LogP contribution in [-0.2, 0) is 11.3 Å². The van der Waals surface area contributed by atoms with Crippen molar-refractivity contribution in [2.75, 3.05) is 11.4 Å². The molecule has 2 aromatic carbocycles. The Bertz CT molecular complexity index is 1260. The number of halogens is 1.